The predicted molar refractivity (Wildman–Crippen MR) is 66.6 cm³/mol. The topological polar surface area (TPSA) is 24.5 Å². The first-order valence-electron chi connectivity index (χ1n) is 6.57. The van der Waals surface area contributed by atoms with Gasteiger partial charge in [-0.15, -0.1) is 0 Å². The van der Waals surface area contributed by atoms with Crippen LogP contribution in [0.2, 0.25) is 0 Å². The van der Waals surface area contributed by atoms with E-state index in [0.717, 1.165) is 24.9 Å². The summed E-state index contributed by atoms with van der Waals surface area (Å²) in [5.74, 6) is 1.70. The van der Waals surface area contributed by atoms with Gasteiger partial charge in [0, 0.05) is 19.6 Å². The van der Waals surface area contributed by atoms with Gasteiger partial charge in [-0.05, 0) is 45.7 Å². The number of ether oxygens (including phenoxy) is 1. The molecule has 0 spiro atoms. The SMILES string of the molecule is CC1CN(CC(C)C2CNC2)CC(C)(C)O1. The largest absolute Gasteiger partial charge is 0.370 e. The molecule has 0 aliphatic carbocycles. The fourth-order valence-electron chi connectivity index (χ4n) is 2.99. The van der Waals surface area contributed by atoms with Crippen molar-refractivity contribution in [2.24, 2.45) is 11.8 Å². The number of nitrogens with zero attached hydrogens (tertiary/aromatic N) is 1. The van der Waals surface area contributed by atoms with Crippen molar-refractivity contribution in [1.82, 2.24) is 10.2 Å². The molecule has 2 rings (SSSR count). The quantitative estimate of drug-likeness (QED) is 0.786. The Bertz CT molecular complexity index is 238. The van der Waals surface area contributed by atoms with Crippen molar-refractivity contribution < 1.29 is 4.74 Å². The summed E-state index contributed by atoms with van der Waals surface area (Å²) in [6.45, 7) is 14.8. The van der Waals surface area contributed by atoms with Crippen LogP contribution >= 0.6 is 0 Å². The second-order valence-corrected chi connectivity index (χ2v) is 6.28. The van der Waals surface area contributed by atoms with E-state index < -0.39 is 0 Å². The van der Waals surface area contributed by atoms with Crippen LogP contribution in [0.25, 0.3) is 0 Å². The van der Waals surface area contributed by atoms with Crippen molar-refractivity contribution in [3.8, 4) is 0 Å². The Morgan fingerprint density at radius 1 is 1.44 bits per heavy atom. The van der Waals surface area contributed by atoms with E-state index in [1.54, 1.807) is 0 Å². The van der Waals surface area contributed by atoms with E-state index >= 15 is 0 Å². The van der Waals surface area contributed by atoms with Crippen molar-refractivity contribution in [3.05, 3.63) is 0 Å². The number of nitrogens with one attached hydrogen (secondary N) is 1. The molecule has 16 heavy (non-hydrogen) atoms. The molecule has 0 aromatic carbocycles. The van der Waals surface area contributed by atoms with Gasteiger partial charge in [0.15, 0.2) is 0 Å². The zero-order valence-corrected chi connectivity index (χ0v) is 11.1. The highest BCUT2D eigenvalue weighted by molar-refractivity contribution is 4.86. The lowest BCUT2D eigenvalue weighted by molar-refractivity contribution is -0.132. The van der Waals surface area contributed by atoms with Crippen molar-refractivity contribution in [1.29, 1.82) is 0 Å². The highest BCUT2D eigenvalue weighted by atomic mass is 16.5. The molecule has 2 fully saturated rings. The lowest BCUT2D eigenvalue weighted by Gasteiger charge is -2.44. The molecule has 2 aliphatic heterocycles. The smallest absolute Gasteiger partial charge is 0.0757 e. The van der Waals surface area contributed by atoms with Crippen molar-refractivity contribution in [2.75, 3.05) is 32.7 Å². The molecule has 2 heterocycles. The van der Waals surface area contributed by atoms with Gasteiger partial charge >= 0.3 is 0 Å². The third-order valence-corrected chi connectivity index (χ3v) is 3.80. The van der Waals surface area contributed by atoms with E-state index in [9.17, 15) is 0 Å². The van der Waals surface area contributed by atoms with Gasteiger partial charge in [-0.2, -0.15) is 0 Å². The summed E-state index contributed by atoms with van der Waals surface area (Å²) < 4.78 is 5.93. The van der Waals surface area contributed by atoms with Crippen molar-refractivity contribution in [2.45, 2.75) is 39.4 Å². The van der Waals surface area contributed by atoms with Gasteiger partial charge in [0.25, 0.3) is 0 Å². The summed E-state index contributed by atoms with van der Waals surface area (Å²) in [6, 6.07) is 0. The summed E-state index contributed by atoms with van der Waals surface area (Å²) in [7, 11) is 0. The molecule has 3 heteroatoms. The third-order valence-electron chi connectivity index (χ3n) is 3.80. The van der Waals surface area contributed by atoms with E-state index in [0.29, 0.717) is 6.10 Å². The monoisotopic (exact) mass is 226 g/mol. The maximum absolute atomic E-state index is 5.93. The van der Waals surface area contributed by atoms with E-state index in [1.807, 2.05) is 0 Å². The minimum absolute atomic E-state index is 0.0231. The van der Waals surface area contributed by atoms with Crippen LogP contribution < -0.4 is 5.32 Å². The Balaban J connectivity index is 1.84. The van der Waals surface area contributed by atoms with Gasteiger partial charge in [0.05, 0.1) is 11.7 Å². The fourth-order valence-corrected chi connectivity index (χ4v) is 2.99. The van der Waals surface area contributed by atoms with E-state index in [1.165, 1.54) is 19.6 Å². The standard InChI is InChI=1S/C13H26N2O/c1-10(12-5-14-6-12)7-15-8-11(2)16-13(3,4)9-15/h10-12,14H,5-9H2,1-4H3. The maximum atomic E-state index is 5.93. The van der Waals surface area contributed by atoms with Gasteiger partial charge in [0.2, 0.25) is 0 Å². The van der Waals surface area contributed by atoms with E-state index in [2.05, 4.69) is 37.9 Å². The van der Waals surface area contributed by atoms with Crippen LogP contribution in [0, 0.1) is 11.8 Å². The van der Waals surface area contributed by atoms with Crippen LogP contribution in [0.4, 0.5) is 0 Å². The molecule has 1 N–H and O–H groups in total. The molecule has 0 radical (unpaired) electrons. The molecular formula is C13H26N2O. The molecule has 2 atom stereocenters. The van der Waals surface area contributed by atoms with E-state index in [-0.39, 0.29) is 5.60 Å². The lowest BCUT2D eigenvalue weighted by Crippen LogP contribution is -2.55. The Morgan fingerprint density at radius 2 is 2.12 bits per heavy atom. The second-order valence-electron chi connectivity index (χ2n) is 6.28. The Morgan fingerprint density at radius 3 is 2.62 bits per heavy atom. The van der Waals surface area contributed by atoms with Gasteiger partial charge < -0.3 is 10.1 Å². The number of rotatable bonds is 3. The Labute approximate surface area is 99.5 Å². The summed E-state index contributed by atoms with van der Waals surface area (Å²) in [5, 5.41) is 3.36. The third kappa shape index (κ3) is 2.96. The summed E-state index contributed by atoms with van der Waals surface area (Å²) in [6.07, 6.45) is 0.371. The summed E-state index contributed by atoms with van der Waals surface area (Å²) >= 11 is 0. The van der Waals surface area contributed by atoms with Crippen LogP contribution in [0.5, 0.6) is 0 Å². The minimum atomic E-state index is 0.0231. The minimum Gasteiger partial charge on any atom is -0.370 e. The zero-order chi connectivity index (χ0) is 11.8. The Kier molecular flexibility index (Phi) is 3.57. The van der Waals surface area contributed by atoms with Crippen molar-refractivity contribution in [3.63, 3.8) is 0 Å². The number of hydrogen-bond donors (Lipinski definition) is 1. The molecule has 3 nitrogen and oxygen atoms in total. The molecular weight excluding hydrogens is 200 g/mol. The highest BCUT2D eigenvalue weighted by Gasteiger charge is 2.33. The first kappa shape index (κ1) is 12.3. The summed E-state index contributed by atoms with van der Waals surface area (Å²) in [4.78, 5) is 2.58. The lowest BCUT2D eigenvalue weighted by atomic mass is 9.88. The van der Waals surface area contributed by atoms with Gasteiger partial charge in [-0.25, -0.2) is 0 Å². The maximum Gasteiger partial charge on any atom is 0.0757 e. The predicted octanol–water partition coefficient (Wildman–Crippen LogP) is 1.34. The number of hydrogen-bond acceptors (Lipinski definition) is 3. The molecule has 0 aromatic rings. The van der Waals surface area contributed by atoms with Crippen LogP contribution in [0.15, 0.2) is 0 Å². The fraction of sp³-hybridized carbons (Fsp3) is 1.00. The normalized spacial score (nSPS) is 33.4. The van der Waals surface area contributed by atoms with Crippen LogP contribution in [-0.2, 0) is 4.74 Å². The van der Waals surface area contributed by atoms with Gasteiger partial charge in [-0.1, -0.05) is 6.92 Å². The molecule has 0 bridgehead atoms. The molecule has 0 saturated carbocycles. The first-order valence-corrected chi connectivity index (χ1v) is 6.57. The van der Waals surface area contributed by atoms with E-state index in [4.69, 9.17) is 4.74 Å². The second kappa shape index (κ2) is 4.63. The molecule has 2 saturated heterocycles. The van der Waals surface area contributed by atoms with Gasteiger partial charge in [-0.3, -0.25) is 4.90 Å². The molecule has 2 unspecified atom stereocenters. The average Bonchev–Trinajstić information content (AvgIpc) is 1.94. The van der Waals surface area contributed by atoms with Crippen LogP contribution in [-0.4, -0.2) is 49.3 Å². The first-order chi connectivity index (χ1) is 7.46. The van der Waals surface area contributed by atoms with Crippen LogP contribution in [0.1, 0.15) is 27.7 Å². The molecule has 94 valence electrons. The zero-order valence-electron chi connectivity index (χ0n) is 11.1. The van der Waals surface area contributed by atoms with Crippen LogP contribution in [0.3, 0.4) is 0 Å². The summed E-state index contributed by atoms with van der Waals surface area (Å²) in [5.41, 5.74) is 0.0231. The highest BCUT2D eigenvalue weighted by Crippen LogP contribution is 2.24. The Hall–Kier alpha value is -0.120. The molecule has 0 amide bonds. The molecule has 0 aromatic heterocycles. The van der Waals surface area contributed by atoms with Gasteiger partial charge in [0.1, 0.15) is 0 Å². The molecule has 2 aliphatic rings. The average molecular weight is 226 g/mol. The van der Waals surface area contributed by atoms with Crippen molar-refractivity contribution >= 4 is 0 Å². The number of morpholine rings is 1.